The highest BCUT2D eigenvalue weighted by atomic mass is 35.5. The van der Waals surface area contributed by atoms with E-state index in [1.54, 1.807) is 49.4 Å². The van der Waals surface area contributed by atoms with E-state index in [1.807, 2.05) is 18.2 Å². The first-order valence-corrected chi connectivity index (χ1v) is 9.91. The molecule has 0 bridgehead atoms. The number of nitrogens with one attached hydrogen (secondary N) is 2. The molecule has 0 saturated heterocycles. The van der Waals surface area contributed by atoms with Crippen molar-refractivity contribution in [2.75, 3.05) is 5.32 Å². The molecule has 4 heterocycles. The lowest BCUT2D eigenvalue weighted by molar-refractivity contribution is 0.655. The third-order valence-corrected chi connectivity index (χ3v) is 5.82. The molecule has 0 radical (unpaired) electrons. The molecule has 0 aliphatic heterocycles. The van der Waals surface area contributed by atoms with Crippen LogP contribution in [-0.4, -0.2) is 28.7 Å². The standard InChI is InChI=1S/C21H18ClN7O2/c1-27-17-18(26-20(27)25-13-5-8-23-9-6-13)28(2)21(31)29(19(17)30)11-12-3-4-15-14(16(12)22)7-10-24-15/h3-10,24H,11H2,1-2H3,(H,23,25,26). The van der Waals surface area contributed by atoms with Gasteiger partial charge in [0.1, 0.15) is 0 Å². The Balaban J connectivity index is 1.65. The molecule has 0 spiro atoms. The summed E-state index contributed by atoms with van der Waals surface area (Å²) in [6.45, 7) is 0.0553. The molecule has 0 unspecified atom stereocenters. The molecule has 5 rings (SSSR count). The van der Waals surface area contributed by atoms with Crippen molar-refractivity contribution in [1.82, 2.24) is 28.7 Å². The van der Waals surface area contributed by atoms with Gasteiger partial charge in [-0.15, -0.1) is 0 Å². The molecule has 0 aliphatic rings. The van der Waals surface area contributed by atoms with Crippen molar-refractivity contribution in [3.63, 3.8) is 0 Å². The fourth-order valence-corrected chi connectivity index (χ4v) is 3.98. The molecule has 0 saturated carbocycles. The number of imidazole rings is 1. The van der Waals surface area contributed by atoms with Crippen molar-refractivity contribution >= 4 is 45.3 Å². The second kappa shape index (κ2) is 7.13. The average molecular weight is 436 g/mol. The van der Waals surface area contributed by atoms with E-state index in [1.165, 1.54) is 9.13 Å². The Bertz CT molecular complexity index is 1560. The third kappa shape index (κ3) is 3.01. The molecule has 4 aromatic heterocycles. The maximum absolute atomic E-state index is 13.3. The van der Waals surface area contributed by atoms with E-state index < -0.39 is 11.2 Å². The van der Waals surface area contributed by atoms with Crippen LogP contribution in [0.15, 0.2) is 58.5 Å². The van der Waals surface area contributed by atoms with Gasteiger partial charge >= 0.3 is 5.69 Å². The van der Waals surface area contributed by atoms with Gasteiger partial charge in [0.2, 0.25) is 5.95 Å². The van der Waals surface area contributed by atoms with Gasteiger partial charge < -0.3 is 14.9 Å². The quantitative estimate of drug-likeness (QED) is 0.452. The van der Waals surface area contributed by atoms with Gasteiger partial charge in [-0.05, 0) is 29.8 Å². The number of aromatic amines is 1. The third-order valence-electron chi connectivity index (χ3n) is 5.37. The van der Waals surface area contributed by atoms with Gasteiger partial charge in [-0.1, -0.05) is 17.7 Å². The maximum atomic E-state index is 13.3. The second-order valence-electron chi connectivity index (χ2n) is 7.24. The van der Waals surface area contributed by atoms with Crippen LogP contribution in [0, 0.1) is 0 Å². The molecule has 10 heteroatoms. The lowest BCUT2D eigenvalue weighted by atomic mass is 10.1. The summed E-state index contributed by atoms with van der Waals surface area (Å²) in [7, 11) is 3.33. The fourth-order valence-electron chi connectivity index (χ4n) is 3.69. The van der Waals surface area contributed by atoms with Gasteiger partial charge in [0.15, 0.2) is 11.2 Å². The van der Waals surface area contributed by atoms with E-state index in [0.717, 1.165) is 16.6 Å². The molecule has 0 amide bonds. The van der Waals surface area contributed by atoms with Crippen LogP contribution < -0.4 is 16.6 Å². The van der Waals surface area contributed by atoms with Crippen LogP contribution in [0.2, 0.25) is 5.02 Å². The van der Waals surface area contributed by atoms with E-state index in [9.17, 15) is 9.59 Å². The number of hydrogen-bond donors (Lipinski definition) is 2. The summed E-state index contributed by atoms with van der Waals surface area (Å²) in [6.07, 6.45) is 5.10. The molecule has 9 nitrogen and oxygen atoms in total. The van der Waals surface area contributed by atoms with E-state index in [0.29, 0.717) is 27.7 Å². The number of pyridine rings is 1. The van der Waals surface area contributed by atoms with E-state index in [-0.39, 0.29) is 6.54 Å². The Morgan fingerprint density at radius 2 is 1.84 bits per heavy atom. The largest absolute Gasteiger partial charge is 0.361 e. The van der Waals surface area contributed by atoms with Crippen LogP contribution in [-0.2, 0) is 20.6 Å². The van der Waals surface area contributed by atoms with Crippen molar-refractivity contribution in [2.45, 2.75) is 6.54 Å². The van der Waals surface area contributed by atoms with Gasteiger partial charge in [0.05, 0.1) is 11.6 Å². The van der Waals surface area contributed by atoms with Gasteiger partial charge in [-0.2, -0.15) is 4.98 Å². The lowest BCUT2D eigenvalue weighted by Crippen LogP contribution is -2.39. The number of fused-ring (bicyclic) bond motifs is 2. The molecule has 1 aromatic carbocycles. The zero-order valence-corrected chi connectivity index (χ0v) is 17.5. The molecular weight excluding hydrogens is 418 g/mol. The van der Waals surface area contributed by atoms with Crippen LogP contribution in [0.1, 0.15) is 5.56 Å². The van der Waals surface area contributed by atoms with Gasteiger partial charge in [0, 0.05) is 49.3 Å². The molecule has 0 aliphatic carbocycles. The SMILES string of the molecule is Cn1c(Nc2ccncc2)nc2c1c(=O)n(Cc1ccc3[nH]ccc3c1Cl)c(=O)n2C. The Morgan fingerprint density at radius 1 is 1.06 bits per heavy atom. The minimum absolute atomic E-state index is 0.0553. The van der Waals surface area contributed by atoms with Crippen molar-refractivity contribution in [3.05, 3.63) is 80.3 Å². The number of nitrogens with zero attached hydrogens (tertiary/aromatic N) is 5. The highest BCUT2D eigenvalue weighted by Gasteiger charge is 2.19. The normalized spacial score (nSPS) is 11.5. The van der Waals surface area contributed by atoms with Gasteiger partial charge in [0.25, 0.3) is 5.56 Å². The summed E-state index contributed by atoms with van der Waals surface area (Å²) in [5, 5.41) is 4.51. The highest BCUT2D eigenvalue weighted by molar-refractivity contribution is 6.36. The fraction of sp³-hybridized carbons (Fsp3) is 0.143. The summed E-state index contributed by atoms with van der Waals surface area (Å²) in [5.74, 6) is 0.442. The van der Waals surface area contributed by atoms with E-state index in [4.69, 9.17) is 11.6 Å². The predicted octanol–water partition coefficient (Wildman–Crippen LogP) is 2.76. The van der Waals surface area contributed by atoms with Crippen LogP contribution in [0.4, 0.5) is 11.6 Å². The predicted molar refractivity (Wildman–Crippen MR) is 120 cm³/mol. The number of H-pyrrole nitrogens is 1. The molecule has 5 aromatic rings. The smallest absolute Gasteiger partial charge is 0.332 e. The molecule has 0 fully saturated rings. The zero-order valence-electron chi connectivity index (χ0n) is 16.8. The Labute approximate surface area is 180 Å². The number of halogens is 1. The van der Waals surface area contributed by atoms with Crippen molar-refractivity contribution < 1.29 is 0 Å². The Kier molecular flexibility index (Phi) is 4.40. The summed E-state index contributed by atoms with van der Waals surface area (Å²) < 4.78 is 4.20. The first-order chi connectivity index (χ1) is 15.0. The Morgan fingerprint density at radius 3 is 2.61 bits per heavy atom. The summed E-state index contributed by atoms with van der Waals surface area (Å²) in [5.41, 5.74) is 2.07. The first-order valence-electron chi connectivity index (χ1n) is 9.53. The van der Waals surface area contributed by atoms with Crippen molar-refractivity contribution in [3.8, 4) is 0 Å². The molecule has 0 atom stereocenters. The minimum atomic E-state index is -0.462. The van der Waals surface area contributed by atoms with Crippen LogP contribution in [0.5, 0.6) is 0 Å². The molecule has 31 heavy (non-hydrogen) atoms. The number of aryl methyl sites for hydroxylation is 2. The van der Waals surface area contributed by atoms with Crippen LogP contribution in [0.3, 0.4) is 0 Å². The summed E-state index contributed by atoms with van der Waals surface area (Å²) >= 11 is 6.54. The number of hydrogen-bond acceptors (Lipinski definition) is 5. The second-order valence-corrected chi connectivity index (χ2v) is 7.62. The van der Waals surface area contributed by atoms with E-state index >= 15 is 0 Å². The number of aromatic nitrogens is 6. The van der Waals surface area contributed by atoms with Gasteiger partial charge in [-0.3, -0.25) is 18.9 Å². The number of benzene rings is 1. The summed E-state index contributed by atoms with van der Waals surface area (Å²) in [6, 6.07) is 9.14. The highest BCUT2D eigenvalue weighted by Crippen LogP contribution is 2.27. The van der Waals surface area contributed by atoms with E-state index in [2.05, 4.69) is 20.3 Å². The van der Waals surface area contributed by atoms with Gasteiger partial charge in [-0.25, -0.2) is 4.79 Å². The summed E-state index contributed by atoms with van der Waals surface area (Å²) in [4.78, 5) is 37.9. The maximum Gasteiger partial charge on any atom is 0.332 e. The first kappa shape index (κ1) is 19.1. The molecule has 2 N–H and O–H groups in total. The lowest BCUT2D eigenvalue weighted by Gasteiger charge is -2.10. The van der Waals surface area contributed by atoms with Crippen molar-refractivity contribution in [2.24, 2.45) is 14.1 Å². The Hall–Kier alpha value is -3.85. The average Bonchev–Trinajstić information content (AvgIpc) is 3.37. The molecular formula is C21H18ClN7O2. The van der Waals surface area contributed by atoms with Crippen LogP contribution >= 0.6 is 11.6 Å². The molecule has 156 valence electrons. The van der Waals surface area contributed by atoms with Crippen LogP contribution in [0.25, 0.3) is 22.1 Å². The number of rotatable bonds is 4. The monoisotopic (exact) mass is 435 g/mol. The number of anilines is 2. The minimum Gasteiger partial charge on any atom is -0.361 e. The topological polar surface area (TPSA) is 103 Å². The van der Waals surface area contributed by atoms with Crippen molar-refractivity contribution in [1.29, 1.82) is 0 Å². The zero-order chi connectivity index (χ0) is 21.7.